The van der Waals surface area contributed by atoms with Crippen LogP contribution in [0.4, 0.5) is 11.6 Å². The molecule has 108 valence electrons. The Morgan fingerprint density at radius 2 is 1.74 bits per heavy atom. The highest BCUT2D eigenvalue weighted by atomic mass is 15.1. The summed E-state index contributed by atoms with van der Waals surface area (Å²) < 4.78 is 0. The van der Waals surface area contributed by atoms with Gasteiger partial charge in [0.15, 0.2) is 0 Å². The van der Waals surface area contributed by atoms with E-state index in [9.17, 15) is 0 Å². The van der Waals surface area contributed by atoms with Crippen molar-refractivity contribution >= 4 is 11.6 Å². The van der Waals surface area contributed by atoms with Crippen molar-refractivity contribution in [2.75, 3.05) is 23.7 Å². The van der Waals surface area contributed by atoms with Crippen molar-refractivity contribution in [3.63, 3.8) is 0 Å². The summed E-state index contributed by atoms with van der Waals surface area (Å²) in [6, 6.07) is 0. The van der Waals surface area contributed by atoms with E-state index in [0.717, 1.165) is 37.1 Å². The Balaban J connectivity index is 2.50. The van der Waals surface area contributed by atoms with E-state index >= 15 is 0 Å². The summed E-state index contributed by atoms with van der Waals surface area (Å²) in [5, 5.41) is 6.74. The second kappa shape index (κ2) is 8.73. The van der Waals surface area contributed by atoms with Gasteiger partial charge in [-0.1, -0.05) is 33.6 Å². The van der Waals surface area contributed by atoms with Gasteiger partial charge in [-0.2, -0.15) is 0 Å². The molecule has 0 saturated heterocycles. The first-order valence-electron chi connectivity index (χ1n) is 7.50. The Morgan fingerprint density at radius 3 is 2.32 bits per heavy atom. The van der Waals surface area contributed by atoms with Gasteiger partial charge in [0, 0.05) is 18.7 Å². The monoisotopic (exact) mass is 264 g/mol. The van der Waals surface area contributed by atoms with Gasteiger partial charge in [-0.15, -0.1) is 0 Å². The van der Waals surface area contributed by atoms with Gasteiger partial charge in [-0.25, -0.2) is 9.97 Å². The number of rotatable bonds is 9. The highest BCUT2D eigenvalue weighted by Gasteiger charge is 2.08. The van der Waals surface area contributed by atoms with Crippen molar-refractivity contribution in [2.24, 2.45) is 5.92 Å². The highest BCUT2D eigenvalue weighted by Crippen LogP contribution is 2.20. The third-order valence-electron chi connectivity index (χ3n) is 3.14. The Labute approximate surface area is 117 Å². The molecule has 0 aliphatic heterocycles. The number of aromatic nitrogens is 2. The number of hydrogen-bond donors (Lipinski definition) is 2. The third kappa shape index (κ3) is 5.45. The van der Waals surface area contributed by atoms with E-state index in [4.69, 9.17) is 0 Å². The normalized spacial score (nSPS) is 10.8. The number of unbranched alkanes of at least 4 members (excludes halogenated alkanes) is 1. The lowest BCUT2D eigenvalue weighted by molar-refractivity contribution is 0.544. The molecule has 4 nitrogen and oxygen atoms in total. The van der Waals surface area contributed by atoms with E-state index < -0.39 is 0 Å². The molecule has 0 atom stereocenters. The molecule has 0 amide bonds. The first-order valence-corrected chi connectivity index (χ1v) is 7.50. The summed E-state index contributed by atoms with van der Waals surface area (Å²) in [5.41, 5.74) is 1.19. The van der Waals surface area contributed by atoms with Crippen LogP contribution in [0.5, 0.6) is 0 Å². The minimum absolute atomic E-state index is 0.797. The summed E-state index contributed by atoms with van der Waals surface area (Å²) in [5.74, 6) is 2.74. The number of nitrogens with one attached hydrogen (secondary N) is 2. The van der Waals surface area contributed by atoms with Crippen LogP contribution in [-0.4, -0.2) is 23.1 Å². The Bertz CT molecular complexity index is 363. The molecule has 4 heteroatoms. The van der Waals surface area contributed by atoms with E-state index in [1.54, 1.807) is 6.33 Å². The molecule has 0 aromatic carbocycles. The van der Waals surface area contributed by atoms with Gasteiger partial charge in [0.2, 0.25) is 0 Å². The molecule has 0 saturated carbocycles. The van der Waals surface area contributed by atoms with Gasteiger partial charge in [0.25, 0.3) is 0 Å². The predicted molar refractivity (Wildman–Crippen MR) is 82.8 cm³/mol. The van der Waals surface area contributed by atoms with Crippen LogP contribution in [-0.2, 0) is 6.42 Å². The van der Waals surface area contributed by atoms with E-state index in [1.807, 2.05) is 0 Å². The fourth-order valence-electron chi connectivity index (χ4n) is 2.10. The molecule has 1 aromatic heterocycles. The van der Waals surface area contributed by atoms with Crippen molar-refractivity contribution in [3.05, 3.63) is 11.9 Å². The van der Waals surface area contributed by atoms with Gasteiger partial charge < -0.3 is 10.6 Å². The summed E-state index contributed by atoms with van der Waals surface area (Å²) in [6.07, 6.45) is 6.35. The van der Waals surface area contributed by atoms with Gasteiger partial charge in [0.05, 0.1) is 0 Å². The summed E-state index contributed by atoms with van der Waals surface area (Å²) in [4.78, 5) is 8.67. The maximum absolute atomic E-state index is 4.36. The maximum Gasteiger partial charge on any atom is 0.134 e. The van der Waals surface area contributed by atoms with Gasteiger partial charge in [-0.05, 0) is 25.7 Å². The second-order valence-electron chi connectivity index (χ2n) is 5.25. The number of nitrogens with zero attached hydrogens (tertiary/aromatic N) is 2. The minimum Gasteiger partial charge on any atom is -0.370 e. The molecule has 0 radical (unpaired) electrons. The number of hydrogen-bond acceptors (Lipinski definition) is 4. The van der Waals surface area contributed by atoms with Crippen molar-refractivity contribution in [3.8, 4) is 0 Å². The van der Waals surface area contributed by atoms with E-state index in [0.29, 0.717) is 0 Å². The van der Waals surface area contributed by atoms with Crippen LogP contribution in [0, 0.1) is 5.92 Å². The van der Waals surface area contributed by atoms with Crippen LogP contribution < -0.4 is 10.6 Å². The van der Waals surface area contributed by atoms with Crippen LogP contribution in [0.1, 0.15) is 52.5 Å². The zero-order valence-electron chi connectivity index (χ0n) is 12.8. The molecule has 0 bridgehead atoms. The summed E-state index contributed by atoms with van der Waals surface area (Å²) in [6.45, 7) is 10.6. The zero-order chi connectivity index (χ0) is 14.1. The average molecular weight is 264 g/mol. The van der Waals surface area contributed by atoms with Crippen LogP contribution in [0.15, 0.2) is 6.33 Å². The molecule has 0 aliphatic rings. The lowest BCUT2D eigenvalue weighted by atomic mass is 10.1. The molecule has 2 N–H and O–H groups in total. The van der Waals surface area contributed by atoms with Crippen LogP contribution in [0.25, 0.3) is 0 Å². The van der Waals surface area contributed by atoms with Crippen LogP contribution in [0.3, 0.4) is 0 Å². The molecule has 0 aliphatic carbocycles. The molecule has 1 rings (SSSR count). The smallest absolute Gasteiger partial charge is 0.134 e. The fraction of sp³-hybridized carbons (Fsp3) is 0.733. The molecule has 19 heavy (non-hydrogen) atoms. The van der Waals surface area contributed by atoms with Gasteiger partial charge in [0.1, 0.15) is 18.0 Å². The summed E-state index contributed by atoms with van der Waals surface area (Å²) >= 11 is 0. The largest absolute Gasteiger partial charge is 0.370 e. The van der Waals surface area contributed by atoms with E-state index in [2.05, 4.69) is 48.3 Å². The second-order valence-corrected chi connectivity index (χ2v) is 5.25. The Hall–Kier alpha value is -1.32. The highest BCUT2D eigenvalue weighted by molar-refractivity contribution is 5.57. The lowest BCUT2D eigenvalue weighted by Gasteiger charge is -2.13. The molecule has 0 fully saturated rings. The molecule has 0 spiro atoms. The topological polar surface area (TPSA) is 49.8 Å². The van der Waals surface area contributed by atoms with Gasteiger partial charge in [-0.3, -0.25) is 0 Å². The molecule has 0 unspecified atom stereocenters. The quantitative estimate of drug-likeness (QED) is 0.668. The molecular formula is C15H28N4. The van der Waals surface area contributed by atoms with Crippen molar-refractivity contribution in [1.29, 1.82) is 0 Å². The number of anilines is 2. The van der Waals surface area contributed by atoms with Crippen LogP contribution in [0.2, 0.25) is 0 Å². The zero-order valence-corrected chi connectivity index (χ0v) is 12.8. The molecule has 1 aromatic rings. The van der Waals surface area contributed by atoms with E-state index in [1.165, 1.54) is 24.8 Å². The van der Waals surface area contributed by atoms with Crippen molar-refractivity contribution < 1.29 is 0 Å². The Kier molecular flexibility index (Phi) is 7.23. The minimum atomic E-state index is 0.797. The first kappa shape index (κ1) is 15.7. The standard InChI is InChI=1S/C15H28N4/c1-5-13-14(16-6-2)18-11-19-15(13)17-10-8-7-9-12(3)4/h11-12H,5-10H2,1-4H3,(H2,16,17,18,19). The van der Waals surface area contributed by atoms with Crippen molar-refractivity contribution in [1.82, 2.24) is 9.97 Å². The third-order valence-corrected chi connectivity index (χ3v) is 3.14. The van der Waals surface area contributed by atoms with Gasteiger partial charge >= 0.3 is 0 Å². The first-order chi connectivity index (χ1) is 9.19. The average Bonchev–Trinajstić information content (AvgIpc) is 2.38. The van der Waals surface area contributed by atoms with Crippen molar-refractivity contribution in [2.45, 2.75) is 53.4 Å². The van der Waals surface area contributed by atoms with E-state index in [-0.39, 0.29) is 0 Å². The molecular weight excluding hydrogens is 236 g/mol. The van der Waals surface area contributed by atoms with Crippen LogP contribution >= 0.6 is 0 Å². The fourth-order valence-corrected chi connectivity index (χ4v) is 2.10. The lowest BCUT2D eigenvalue weighted by Crippen LogP contribution is -2.10. The Morgan fingerprint density at radius 1 is 1.05 bits per heavy atom. The maximum atomic E-state index is 4.36. The predicted octanol–water partition coefficient (Wildman–Crippen LogP) is 3.71. The SMILES string of the molecule is CCNc1ncnc(NCCCCC(C)C)c1CC. The molecule has 1 heterocycles. The summed E-state index contributed by atoms with van der Waals surface area (Å²) in [7, 11) is 0.